The van der Waals surface area contributed by atoms with Crippen LogP contribution in [0.1, 0.15) is 6.92 Å². The lowest BCUT2D eigenvalue weighted by molar-refractivity contribution is -0.129. The number of para-hydroxylation sites is 1. The van der Waals surface area contributed by atoms with Gasteiger partial charge in [0.15, 0.2) is 0 Å². The van der Waals surface area contributed by atoms with Gasteiger partial charge in [0, 0.05) is 62.1 Å². The van der Waals surface area contributed by atoms with Crippen molar-refractivity contribution in [3.63, 3.8) is 0 Å². The summed E-state index contributed by atoms with van der Waals surface area (Å²) in [6.45, 7) is 4.94. The lowest BCUT2D eigenvalue weighted by Gasteiger charge is -2.35. The number of hydrogen-bond donors (Lipinski definition) is 0. The van der Waals surface area contributed by atoms with Crippen LogP contribution in [0.5, 0.6) is 0 Å². The zero-order chi connectivity index (χ0) is 23.1. The Labute approximate surface area is 198 Å². The highest BCUT2D eigenvalue weighted by atomic mass is 16.2. The van der Waals surface area contributed by atoms with Gasteiger partial charge in [-0.25, -0.2) is 4.98 Å². The van der Waals surface area contributed by atoms with Crippen molar-refractivity contribution in [3.05, 3.63) is 85.3 Å². The Bertz CT molecular complexity index is 1490. The highest BCUT2D eigenvalue weighted by molar-refractivity contribution is 5.93. The molecule has 6 heteroatoms. The van der Waals surface area contributed by atoms with Gasteiger partial charge in [-0.2, -0.15) is 0 Å². The third kappa shape index (κ3) is 3.57. The van der Waals surface area contributed by atoms with E-state index in [2.05, 4.69) is 69.0 Å². The maximum Gasteiger partial charge on any atom is 0.219 e. The van der Waals surface area contributed by atoms with Crippen LogP contribution in [0.3, 0.4) is 0 Å². The van der Waals surface area contributed by atoms with Crippen LogP contribution < -0.4 is 4.90 Å². The topological polar surface area (TPSA) is 53.7 Å². The van der Waals surface area contributed by atoms with Crippen molar-refractivity contribution in [2.75, 3.05) is 31.1 Å². The molecule has 1 saturated heterocycles. The van der Waals surface area contributed by atoms with Crippen LogP contribution in [0.4, 0.5) is 5.69 Å². The summed E-state index contributed by atoms with van der Waals surface area (Å²) < 4.78 is 2.13. The van der Waals surface area contributed by atoms with Crippen LogP contribution in [-0.4, -0.2) is 51.4 Å². The lowest BCUT2D eigenvalue weighted by atomic mass is 10.1. The molecule has 1 fully saturated rings. The second-order valence-electron chi connectivity index (χ2n) is 8.70. The van der Waals surface area contributed by atoms with Gasteiger partial charge in [0.05, 0.1) is 17.4 Å². The molecule has 168 valence electrons. The number of nitrogens with zero attached hydrogens (tertiary/aromatic N) is 5. The van der Waals surface area contributed by atoms with Gasteiger partial charge in [-0.05, 0) is 47.5 Å². The molecule has 0 unspecified atom stereocenters. The molecule has 1 aliphatic rings. The van der Waals surface area contributed by atoms with E-state index in [1.807, 2.05) is 35.5 Å². The summed E-state index contributed by atoms with van der Waals surface area (Å²) in [5.74, 6) is 0.157. The average molecular weight is 448 g/mol. The minimum Gasteiger partial charge on any atom is -0.368 e. The fraction of sp³-hybridized carbons (Fsp3) is 0.179. The Morgan fingerprint density at radius 3 is 2.44 bits per heavy atom. The molecular weight excluding hydrogens is 422 g/mol. The number of anilines is 1. The Balaban J connectivity index is 1.27. The normalized spacial score (nSPS) is 14.1. The molecule has 0 saturated carbocycles. The monoisotopic (exact) mass is 447 g/mol. The predicted molar refractivity (Wildman–Crippen MR) is 136 cm³/mol. The summed E-state index contributed by atoms with van der Waals surface area (Å²) in [6.07, 6.45) is 5.88. The van der Waals surface area contributed by atoms with Gasteiger partial charge in [-0.15, -0.1) is 0 Å². The molecule has 6 nitrogen and oxygen atoms in total. The van der Waals surface area contributed by atoms with E-state index >= 15 is 0 Å². The maximum atomic E-state index is 11.6. The summed E-state index contributed by atoms with van der Waals surface area (Å²) >= 11 is 0. The molecule has 0 bridgehead atoms. The quantitative estimate of drug-likeness (QED) is 0.395. The Morgan fingerprint density at radius 1 is 0.853 bits per heavy atom. The largest absolute Gasteiger partial charge is 0.368 e. The zero-order valence-corrected chi connectivity index (χ0v) is 19.1. The standard InChI is InChI=1S/C28H25N5O/c1-20(34)31-14-16-32(17-15-31)23-8-6-21(7-9-23)22-11-13-33-27(19-30-28(33)18-22)25-10-12-29-26-5-3-2-4-24(25)26/h2-13,18-19H,14-17H2,1H3. The minimum absolute atomic E-state index is 0.157. The molecule has 1 amide bonds. The van der Waals surface area contributed by atoms with E-state index in [0.29, 0.717) is 0 Å². The third-order valence-electron chi connectivity index (χ3n) is 6.73. The van der Waals surface area contributed by atoms with Crippen molar-refractivity contribution in [1.82, 2.24) is 19.3 Å². The summed E-state index contributed by atoms with van der Waals surface area (Å²) in [5, 5.41) is 1.12. The van der Waals surface area contributed by atoms with Gasteiger partial charge in [0.25, 0.3) is 0 Å². The molecule has 6 rings (SSSR count). The smallest absolute Gasteiger partial charge is 0.219 e. The van der Waals surface area contributed by atoms with Crippen molar-refractivity contribution in [2.45, 2.75) is 6.92 Å². The van der Waals surface area contributed by atoms with Crippen LogP contribution in [0.15, 0.2) is 85.3 Å². The number of carbonyl (C=O) groups is 1. The highest BCUT2D eigenvalue weighted by Crippen LogP contribution is 2.30. The van der Waals surface area contributed by atoms with Crippen LogP contribution >= 0.6 is 0 Å². The molecule has 0 spiro atoms. The molecule has 5 aromatic rings. The molecule has 0 N–H and O–H groups in total. The van der Waals surface area contributed by atoms with Gasteiger partial charge in [0.1, 0.15) is 5.65 Å². The molecule has 2 aromatic carbocycles. The van der Waals surface area contributed by atoms with E-state index in [9.17, 15) is 4.79 Å². The maximum absolute atomic E-state index is 11.6. The van der Waals surface area contributed by atoms with Gasteiger partial charge in [0.2, 0.25) is 5.91 Å². The van der Waals surface area contributed by atoms with E-state index in [-0.39, 0.29) is 5.91 Å². The van der Waals surface area contributed by atoms with E-state index in [1.165, 1.54) is 5.69 Å². The molecule has 3 aromatic heterocycles. The molecule has 34 heavy (non-hydrogen) atoms. The summed E-state index contributed by atoms with van der Waals surface area (Å²) in [5.41, 5.74) is 7.57. The van der Waals surface area contributed by atoms with E-state index in [0.717, 1.165) is 65.1 Å². The second kappa shape index (κ2) is 8.30. The number of fused-ring (bicyclic) bond motifs is 2. The van der Waals surface area contributed by atoms with Crippen molar-refractivity contribution in [2.24, 2.45) is 0 Å². The van der Waals surface area contributed by atoms with Crippen LogP contribution in [0, 0.1) is 0 Å². The summed E-state index contributed by atoms with van der Waals surface area (Å²) in [7, 11) is 0. The van der Waals surface area contributed by atoms with Gasteiger partial charge >= 0.3 is 0 Å². The number of carbonyl (C=O) groups excluding carboxylic acids is 1. The van der Waals surface area contributed by atoms with Gasteiger partial charge < -0.3 is 9.80 Å². The number of aromatic nitrogens is 3. The fourth-order valence-corrected chi connectivity index (χ4v) is 4.82. The molecule has 0 atom stereocenters. The first-order valence-electron chi connectivity index (χ1n) is 11.6. The van der Waals surface area contributed by atoms with Gasteiger partial charge in [-0.3, -0.25) is 14.2 Å². The van der Waals surface area contributed by atoms with Crippen molar-refractivity contribution < 1.29 is 4.79 Å². The SMILES string of the molecule is CC(=O)N1CCN(c2ccc(-c3ccn4c(-c5ccnc6ccccc56)cnc4c3)cc2)CC1. The van der Waals surface area contributed by atoms with Crippen LogP contribution in [0.25, 0.3) is 38.9 Å². The number of piperazine rings is 1. The molecule has 1 aliphatic heterocycles. The molecule has 0 radical (unpaired) electrons. The Hall–Kier alpha value is -4.19. The first-order chi connectivity index (χ1) is 16.7. The number of imidazole rings is 1. The number of pyridine rings is 2. The van der Waals surface area contributed by atoms with E-state index < -0.39 is 0 Å². The van der Waals surface area contributed by atoms with E-state index in [1.54, 1.807) is 6.92 Å². The Kier molecular flexibility index (Phi) is 4.99. The summed E-state index contributed by atoms with van der Waals surface area (Å²) in [4.78, 5) is 25.0. The van der Waals surface area contributed by atoms with Crippen LogP contribution in [0.2, 0.25) is 0 Å². The molecular formula is C28H25N5O. The summed E-state index contributed by atoms with van der Waals surface area (Å²) in [6, 6.07) is 23.2. The minimum atomic E-state index is 0.157. The van der Waals surface area contributed by atoms with Crippen molar-refractivity contribution >= 4 is 28.1 Å². The number of rotatable bonds is 3. The Morgan fingerprint density at radius 2 is 1.65 bits per heavy atom. The van der Waals surface area contributed by atoms with Crippen molar-refractivity contribution in [3.8, 4) is 22.4 Å². The average Bonchev–Trinajstić information content (AvgIpc) is 3.31. The van der Waals surface area contributed by atoms with Crippen molar-refractivity contribution in [1.29, 1.82) is 0 Å². The predicted octanol–water partition coefficient (Wildman–Crippen LogP) is 4.89. The fourth-order valence-electron chi connectivity index (χ4n) is 4.82. The first-order valence-corrected chi connectivity index (χ1v) is 11.6. The zero-order valence-electron chi connectivity index (χ0n) is 19.1. The lowest BCUT2D eigenvalue weighted by Crippen LogP contribution is -2.48. The third-order valence-corrected chi connectivity index (χ3v) is 6.73. The molecule has 0 aliphatic carbocycles. The second-order valence-corrected chi connectivity index (χ2v) is 8.70. The number of hydrogen-bond acceptors (Lipinski definition) is 4. The number of benzene rings is 2. The molecule has 4 heterocycles. The first kappa shape index (κ1) is 20.4. The van der Waals surface area contributed by atoms with Gasteiger partial charge in [-0.1, -0.05) is 30.3 Å². The van der Waals surface area contributed by atoms with Crippen LogP contribution in [-0.2, 0) is 4.79 Å². The number of amides is 1. The van der Waals surface area contributed by atoms with E-state index in [4.69, 9.17) is 4.98 Å². The highest BCUT2D eigenvalue weighted by Gasteiger charge is 2.18.